The number of hydrogen-bond donors (Lipinski definition) is 0. The van der Waals surface area contributed by atoms with Crippen molar-refractivity contribution in [3.8, 4) is 0 Å². The third-order valence-corrected chi connectivity index (χ3v) is 3.05. The summed E-state index contributed by atoms with van der Waals surface area (Å²) in [6.07, 6.45) is 2.55. The number of hydrogen-bond acceptors (Lipinski definition) is 4. The Bertz CT molecular complexity index is 444. The van der Waals surface area contributed by atoms with Crippen LogP contribution >= 0.6 is 0 Å². The first kappa shape index (κ1) is 11.8. The van der Waals surface area contributed by atoms with Gasteiger partial charge in [-0.2, -0.15) is 0 Å². The van der Waals surface area contributed by atoms with Crippen LogP contribution in [0.3, 0.4) is 0 Å². The maximum atomic E-state index is 11.9. The van der Waals surface area contributed by atoms with Crippen LogP contribution in [0.5, 0.6) is 0 Å². The molecule has 0 radical (unpaired) electrons. The number of carbonyl (C=O) groups excluding carboxylic acids is 1. The zero-order valence-corrected chi connectivity index (χ0v) is 10.8. The van der Waals surface area contributed by atoms with Gasteiger partial charge in [-0.3, -0.25) is 4.79 Å². The molecule has 5 nitrogen and oxygen atoms in total. The van der Waals surface area contributed by atoms with E-state index in [4.69, 9.17) is 0 Å². The molecule has 0 saturated carbocycles. The lowest BCUT2D eigenvalue weighted by Gasteiger charge is -2.36. The predicted octanol–water partition coefficient (Wildman–Crippen LogP) is 1.23. The Morgan fingerprint density at radius 3 is 2.76 bits per heavy atom. The monoisotopic (exact) mass is 234 g/mol. The second-order valence-corrected chi connectivity index (χ2v) is 4.52. The van der Waals surface area contributed by atoms with Gasteiger partial charge in [0, 0.05) is 19.5 Å². The van der Waals surface area contributed by atoms with E-state index in [-0.39, 0.29) is 11.9 Å². The van der Waals surface area contributed by atoms with E-state index in [9.17, 15) is 4.79 Å². The number of carbonyl (C=O) groups is 1. The molecule has 1 amide bonds. The van der Waals surface area contributed by atoms with Gasteiger partial charge in [-0.15, -0.1) is 0 Å². The number of aryl methyl sites for hydroxylation is 1. The molecular formula is C12H18N4O. The highest BCUT2D eigenvalue weighted by Crippen LogP contribution is 2.31. The molecule has 92 valence electrons. The molecule has 0 aliphatic carbocycles. The topological polar surface area (TPSA) is 49.3 Å². The van der Waals surface area contributed by atoms with Crippen LogP contribution in [0.15, 0.2) is 6.20 Å². The molecule has 1 aromatic rings. The largest absolute Gasteiger partial charge is 0.343 e. The molecule has 1 aliphatic rings. The number of fused-ring (bicyclic) bond motifs is 1. The van der Waals surface area contributed by atoms with Crippen LogP contribution in [0.1, 0.15) is 26.6 Å². The molecule has 0 saturated heterocycles. The van der Waals surface area contributed by atoms with E-state index in [1.54, 1.807) is 18.1 Å². The van der Waals surface area contributed by atoms with Gasteiger partial charge in [-0.05, 0) is 13.8 Å². The van der Waals surface area contributed by atoms with Crippen molar-refractivity contribution in [2.24, 2.45) is 0 Å². The lowest BCUT2D eigenvalue weighted by Crippen LogP contribution is -2.47. The molecule has 0 unspecified atom stereocenters. The third-order valence-electron chi connectivity index (χ3n) is 3.05. The van der Waals surface area contributed by atoms with Crippen LogP contribution in [0, 0.1) is 0 Å². The molecule has 5 heteroatoms. The third kappa shape index (κ3) is 1.97. The quantitative estimate of drug-likeness (QED) is 0.772. The van der Waals surface area contributed by atoms with Crippen LogP contribution in [-0.4, -0.2) is 35.5 Å². The SMILES string of the molecule is CCc1ncc2c(n1)N(C(C)C)CC(=O)N2C. The number of nitrogens with zero attached hydrogens (tertiary/aromatic N) is 4. The number of anilines is 2. The van der Waals surface area contributed by atoms with E-state index >= 15 is 0 Å². The first-order valence-corrected chi connectivity index (χ1v) is 5.93. The fourth-order valence-corrected chi connectivity index (χ4v) is 1.91. The Labute approximate surface area is 101 Å². The van der Waals surface area contributed by atoms with Gasteiger partial charge in [0.25, 0.3) is 0 Å². The van der Waals surface area contributed by atoms with Crippen molar-refractivity contribution >= 4 is 17.4 Å². The van der Waals surface area contributed by atoms with Crippen molar-refractivity contribution in [1.29, 1.82) is 0 Å². The Morgan fingerprint density at radius 1 is 1.47 bits per heavy atom. The lowest BCUT2D eigenvalue weighted by atomic mass is 10.2. The fraction of sp³-hybridized carbons (Fsp3) is 0.583. The summed E-state index contributed by atoms with van der Waals surface area (Å²) in [6.45, 7) is 6.55. The standard InChI is InChI=1S/C12H18N4O/c1-5-10-13-6-9-12(14-10)16(8(2)3)7-11(17)15(9)4/h6,8H,5,7H2,1-4H3. The number of amides is 1. The maximum Gasteiger partial charge on any atom is 0.246 e. The summed E-state index contributed by atoms with van der Waals surface area (Å²) < 4.78 is 0. The minimum Gasteiger partial charge on any atom is -0.343 e. The van der Waals surface area contributed by atoms with Gasteiger partial charge < -0.3 is 9.80 Å². The Balaban J connectivity index is 2.52. The molecule has 1 aliphatic heterocycles. The second kappa shape index (κ2) is 4.31. The maximum absolute atomic E-state index is 11.9. The van der Waals surface area contributed by atoms with E-state index < -0.39 is 0 Å². The van der Waals surface area contributed by atoms with Gasteiger partial charge in [0.05, 0.1) is 12.7 Å². The summed E-state index contributed by atoms with van der Waals surface area (Å²) in [4.78, 5) is 24.3. The molecule has 0 spiro atoms. The first-order valence-electron chi connectivity index (χ1n) is 5.93. The smallest absolute Gasteiger partial charge is 0.246 e. The van der Waals surface area contributed by atoms with Crippen molar-refractivity contribution < 1.29 is 4.79 Å². The number of likely N-dealkylation sites (N-methyl/N-ethyl adjacent to an activating group) is 1. The minimum atomic E-state index is 0.0825. The zero-order valence-electron chi connectivity index (χ0n) is 10.8. The highest BCUT2D eigenvalue weighted by molar-refractivity contribution is 6.01. The van der Waals surface area contributed by atoms with Gasteiger partial charge >= 0.3 is 0 Å². The van der Waals surface area contributed by atoms with E-state index in [0.29, 0.717) is 6.54 Å². The molecule has 17 heavy (non-hydrogen) atoms. The molecule has 0 fully saturated rings. The lowest BCUT2D eigenvalue weighted by molar-refractivity contribution is -0.117. The Kier molecular flexibility index (Phi) is 3.00. The summed E-state index contributed by atoms with van der Waals surface area (Å²) in [5, 5.41) is 0. The number of rotatable bonds is 2. The Hall–Kier alpha value is -1.65. The van der Waals surface area contributed by atoms with Crippen LogP contribution in [-0.2, 0) is 11.2 Å². The van der Waals surface area contributed by atoms with E-state index in [1.165, 1.54) is 0 Å². The zero-order chi connectivity index (χ0) is 12.6. The van der Waals surface area contributed by atoms with Crippen molar-refractivity contribution in [2.45, 2.75) is 33.2 Å². The van der Waals surface area contributed by atoms with Gasteiger partial charge in [0.2, 0.25) is 5.91 Å². The molecule has 2 heterocycles. The highest BCUT2D eigenvalue weighted by atomic mass is 16.2. The van der Waals surface area contributed by atoms with Crippen LogP contribution in [0.25, 0.3) is 0 Å². The predicted molar refractivity (Wildman–Crippen MR) is 67.3 cm³/mol. The number of aromatic nitrogens is 2. The van der Waals surface area contributed by atoms with E-state index in [0.717, 1.165) is 23.8 Å². The molecule has 1 aromatic heterocycles. The van der Waals surface area contributed by atoms with E-state index in [2.05, 4.69) is 23.8 Å². The Morgan fingerprint density at radius 2 is 2.18 bits per heavy atom. The average Bonchev–Trinajstić information content (AvgIpc) is 2.32. The molecule has 0 N–H and O–H groups in total. The molecule has 2 rings (SSSR count). The van der Waals surface area contributed by atoms with Crippen LogP contribution in [0.4, 0.5) is 11.5 Å². The van der Waals surface area contributed by atoms with Gasteiger partial charge in [-0.1, -0.05) is 6.92 Å². The summed E-state index contributed by atoms with van der Waals surface area (Å²) in [5.74, 6) is 1.77. The summed E-state index contributed by atoms with van der Waals surface area (Å²) >= 11 is 0. The fourth-order valence-electron chi connectivity index (χ4n) is 1.91. The van der Waals surface area contributed by atoms with E-state index in [1.807, 2.05) is 11.8 Å². The minimum absolute atomic E-state index is 0.0825. The summed E-state index contributed by atoms with van der Waals surface area (Å²) in [5.41, 5.74) is 0.798. The van der Waals surface area contributed by atoms with Crippen LogP contribution < -0.4 is 9.80 Å². The van der Waals surface area contributed by atoms with Gasteiger partial charge in [0.15, 0.2) is 5.82 Å². The highest BCUT2D eigenvalue weighted by Gasteiger charge is 2.29. The normalized spacial score (nSPS) is 15.5. The van der Waals surface area contributed by atoms with Crippen molar-refractivity contribution in [1.82, 2.24) is 9.97 Å². The molecule has 0 aromatic carbocycles. The molecule has 0 bridgehead atoms. The van der Waals surface area contributed by atoms with Crippen molar-refractivity contribution in [3.63, 3.8) is 0 Å². The average molecular weight is 234 g/mol. The molecular weight excluding hydrogens is 216 g/mol. The summed E-state index contributed by atoms with van der Waals surface area (Å²) in [6, 6.07) is 0.256. The van der Waals surface area contributed by atoms with Crippen molar-refractivity contribution in [3.05, 3.63) is 12.0 Å². The summed E-state index contributed by atoms with van der Waals surface area (Å²) in [7, 11) is 1.77. The molecule has 0 atom stereocenters. The first-order chi connectivity index (χ1) is 8.04. The second-order valence-electron chi connectivity index (χ2n) is 4.52. The van der Waals surface area contributed by atoms with Crippen LogP contribution in [0.2, 0.25) is 0 Å². The van der Waals surface area contributed by atoms with Gasteiger partial charge in [0.1, 0.15) is 11.5 Å². The van der Waals surface area contributed by atoms with Gasteiger partial charge in [-0.25, -0.2) is 9.97 Å². The van der Waals surface area contributed by atoms with Crippen molar-refractivity contribution in [2.75, 3.05) is 23.4 Å².